The van der Waals surface area contributed by atoms with Crippen molar-refractivity contribution in [1.29, 1.82) is 0 Å². The van der Waals surface area contributed by atoms with E-state index in [1.54, 1.807) is 17.9 Å². The lowest BCUT2D eigenvalue weighted by atomic mass is 10.0. The van der Waals surface area contributed by atoms with Gasteiger partial charge in [-0.1, -0.05) is 23.7 Å². The molecule has 3 rings (SSSR count). The number of hydrogen-bond donors (Lipinski definition) is 0. The van der Waals surface area contributed by atoms with Crippen molar-refractivity contribution in [2.24, 2.45) is 0 Å². The number of nitrogens with zero attached hydrogens (tertiary/aromatic N) is 1. The van der Waals surface area contributed by atoms with Crippen LogP contribution in [-0.2, 0) is 11.2 Å². The van der Waals surface area contributed by atoms with Crippen molar-refractivity contribution in [3.8, 4) is 5.75 Å². The minimum absolute atomic E-state index is 0.0806. The highest BCUT2D eigenvalue weighted by molar-refractivity contribution is 6.31. The molecule has 0 unspecified atom stereocenters. The van der Waals surface area contributed by atoms with Crippen LogP contribution in [0, 0.1) is 13.8 Å². The molecule has 0 spiro atoms. The van der Waals surface area contributed by atoms with E-state index in [9.17, 15) is 9.59 Å². The topological polar surface area (TPSA) is 59.8 Å². The number of hydrogen-bond acceptors (Lipinski definition) is 4. The molecule has 5 nitrogen and oxygen atoms in total. The smallest absolute Gasteiger partial charge is 0.339 e. The first-order valence-electron chi connectivity index (χ1n) is 8.22. The Kier molecular flexibility index (Phi) is 5.13. The molecule has 0 radical (unpaired) electrons. The molecule has 0 saturated carbocycles. The molecule has 25 heavy (non-hydrogen) atoms. The number of halogens is 1. The lowest BCUT2D eigenvalue weighted by Gasteiger charge is -2.39. The van der Waals surface area contributed by atoms with Gasteiger partial charge in [0.05, 0.1) is 19.2 Å². The Balaban J connectivity index is 1.46. The summed E-state index contributed by atoms with van der Waals surface area (Å²) in [5, 5.41) is 0.739. The Morgan fingerprint density at radius 3 is 2.72 bits per heavy atom. The first-order chi connectivity index (χ1) is 11.9. The van der Waals surface area contributed by atoms with Crippen molar-refractivity contribution in [1.82, 2.24) is 4.90 Å². The normalized spacial score (nSPS) is 14.3. The van der Waals surface area contributed by atoms with Crippen molar-refractivity contribution >= 4 is 17.5 Å². The van der Waals surface area contributed by atoms with Gasteiger partial charge in [-0.2, -0.15) is 0 Å². The van der Waals surface area contributed by atoms with Crippen LogP contribution in [0.15, 0.2) is 39.5 Å². The molecular weight excluding hydrogens is 342 g/mol. The first kappa shape index (κ1) is 17.5. The quantitative estimate of drug-likeness (QED) is 0.821. The van der Waals surface area contributed by atoms with Crippen LogP contribution in [0.3, 0.4) is 0 Å². The Bertz CT molecular complexity index is 840. The molecule has 1 aliphatic heterocycles. The lowest BCUT2D eigenvalue weighted by Crippen LogP contribution is -2.56. The fraction of sp³-hybridized carbons (Fsp3) is 0.368. The largest absolute Gasteiger partial charge is 0.486 e. The van der Waals surface area contributed by atoms with Crippen LogP contribution < -0.4 is 10.4 Å². The van der Waals surface area contributed by atoms with E-state index in [1.807, 2.05) is 25.1 Å². The van der Waals surface area contributed by atoms with Crippen molar-refractivity contribution in [2.75, 3.05) is 13.1 Å². The third-order valence-corrected chi connectivity index (χ3v) is 4.64. The fourth-order valence-corrected chi connectivity index (χ4v) is 2.94. The van der Waals surface area contributed by atoms with Gasteiger partial charge in [-0.05, 0) is 37.5 Å². The summed E-state index contributed by atoms with van der Waals surface area (Å²) in [6.45, 7) is 4.73. The van der Waals surface area contributed by atoms with Crippen LogP contribution in [-0.4, -0.2) is 30.0 Å². The van der Waals surface area contributed by atoms with Gasteiger partial charge in [-0.15, -0.1) is 0 Å². The summed E-state index contributed by atoms with van der Waals surface area (Å²) < 4.78 is 10.6. The van der Waals surface area contributed by atoms with Crippen LogP contribution in [0.25, 0.3) is 0 Å². The van der Waals surface area contributed by atoms with Gasteiger partial charge in [-0.25, -0.2) is 4.79 Å². The fourth-order valence-electron chi connectivity index (χ4n) is 2.82. The molecule has 1 aromatic heterocycles. The second kappa shape index (κ2) is 7.31. The Labute approximate surface area is 151 Å². The highest BCUT2D eigenvalue weighted by Gasteiger charge is 2.32. The standard InChI is InChI=1S/C19H20ClNO4/c1-12-7-14(3-5-17(12)20)4-6-18(22)21-10-16(11-21)25-15-8-13(2)24-19(23)9-15/h3,5,7-9,16H,4,6,10-11H2,1-2H3. The number of amides is 1. The van der Waals surface area contributed by atoms with Gasteiger partial charge in [0.1, 0.15) is 17.6 Å². The Morgan fingerprint density at radius 1 is 1.28 bits per heavy atom. The maximum atomic E-state index is 12.2. The lowest BCUT2D eigenvalue weighted by molar-refractivity contribution is -0.139. The van der Waals surface area contributed by atoms with Crippen molar-refractivity contribution in [3.63, 3.8) is 0 Å². The minimum atomic E-state index is -0.430. The molecule has 1 amide bonds. The van der Waals surface area contributed by atoms with Crippen LogP contribution in [0.5, 0.6) is 5.75 Å². The summed E-state index contributed by atoms with van der Waals surface area (Å²) in [5.41, 5.74) is 1.70. The molecule has 6 heteroatoms. The molecule has 2 heterocycles. The van der Waals surface area contributed by atoms with Gasteiger partial charge in [0, 0.05) is 17.5 Å². The predicted octanol–water partition coefficient (Wildman–Crippen LogP) is 3.13. The maximum Gasteiger partial charge on any atom is 0.339 e. The molecule has 1 aliphatic rings. The molecule has 1 saturated heterocycles. The number of rotatable bonds is 5. The van der Waals surface area contributed by atoms with E-state index in [0.717, 1.165) is 16.1 Å². The van der Waals surface area contributed by atoms with Gasteiger partial charge in [-0.3, -0.25) is 4.79 Å². The number of carbonyl (C=O) groups excluding carboxylic acids is 1. The Morgan fingerprint density at radius 2 is 2.04 bits per heavy atom. The minimum Gasteiger partial charge on any atom is -0.486 e. The number of ether oxygens (including phenoxy) is 1. The SMILES string of the molecule is Cc1cc(OC2CN(C(=O)CCc3ccc(Cl)c(C)c3)C2)cc(=O)o1. The second-order valence-corrected chi connectivity index (χ2v) is 6.75. The zero-order valence-electron chi connectivity index (χ0n) is 14.3. The highest BCUT2D eigenvalue weighted by atomic mass is 35.5. The van der Waals surface area contributed by atoms with Gasteiger partial charge < -0.3 is 14.1 Å². The third-order valence-electron chi connectivity index (χ3n) is 4.22. The maximum absolute atomic E-state index is 12.2. The second-order valence-electron chi connectivity index (χ2n) is 6.34. The molecule has 1 fully saturated rings. The summed E-state index contributed by atoms with van der Waals surface area (Å²) in [4.78, 5) is 25.3. The molecule has 0 atom stereocenters. The van der Waals surface area contributed by atoms with Gasteiger partial charge in [0.25, 0.3) is 0 Å². The van der Waals surface area contributed by atoms with E-state index < -0.39 is 5.63 Å². The number of aryl methyl sites for hydroxylation is 3. The highest BCUT2D eigenvalue weighted by Crippen LogP contribution is 2.20. The van der Waals surface area contributed by atoms with Crippen molar-refractivity contribution < 1.29 is 13.9 Å². The predicted molar refractivity (Wildman–Crippen MR) is 95.2 cm³/mol. The summed E-state index contributed by atoms with van der Waals surface area (Å²) in [5.74, 6) is 1.10. The summed E-state index contributed by atoms with van der Waals surface area (Å²) in [6.07, 6.45) is 1.07. The van der Waals surface area contributed by atoms with Crippen molar-refractivity contribution in [2.45, 2.75) is 32.8 Å². The van der Waals surface area contributed by atoms with E-state index in [0.29, 0.717) is 37.4 Å². The van der Waals surface area contributed by atoms with Gasteiger partial charge in [0.2, 0.25) is 5.91 Å². The molecule has 0 N–H and O–H groups in total. The van der Waals surface area contributed by atoms with E-state index in [2.05, 4.69) is 0 Å². The number of carbonyl (C=O) groups is 1. The van der Waals surface area contributed by atoms with Crippen LogP contribution >= 0.6 is 11.6 Å². The molecule has 0 bridgehead atoms. The molecular formula is C19H20ClNO4. The molecule has 1 aromatic carbocycles. The Hall–Kier alpha value is -2.27. The molecule has 2 aromatic rings. The monoisotopic (exact) mass is 361 g/mol. The van der Waals surface area contributed by atoms with E-state index in [-0.39, 0.29) is 12.0 Å². The van der Waals surface area contributed by atoms with Gasteiger partial charge >= 0.3 is 5.63 Å². The van der Waals surface area contributed by atoms with E-state index >= 15 is 0 Å². The van der Waals surface area contributed by atoms with E-state index in [4.69, 9.17) is 20.8 Å². The summed E-state index contributed by atoms with van der Waals surface area (Å²) in [7, 11) is 0. The summed E-state index contributed by atoms with van der Waals surface area (Å²) in [6, 6.07) is 8.83. The number of benzene rings is 1. The van der Waals surface area contributed by atoms with Crippen LogP contribution in [0.1, 0.15) is 23.3 Å². The van der Waals surface area contributed by atoms with Crippen LogP contribution in [0.4, 0.5) is 0 Å². The van der Waals surface area contributed by atoms with E-state index in [1.165, 1.54) is 6.07 Å². The summed E-state index contributed by atoms with van der Waals surface area (Å²) >= 11 is 6.01. The first-order valence-corrected chi connectivity index (χ1v) is 8.60. The third kappa shape index (κ3) is 4.42. The molecule has 0 aliphatic carbocycles. The molecule has 132 valence electrons. The van der Waals surface area contributed by atoms with Crippen molar-refractivity contribution in [3.05, 3.63) is 62.7 Å². The number of likely N-dealkylation sites (tertiary alicyclic amines) is 1. The zero-order valence-corrected chi connectivity index (χ0v) is 15.0. The van der Waals surface area contributed by atoms with Crippen LogP contribution in [0.2, 0.25) is 5.02 Å². The average Bonchev–Trinajstić information content (AvgIpc) is 2.50. The van der Waals surface area contributed by atoms with Gasteiger partial charge in [0.15, 0.2) is 0 Å². The average molecular weight is 362 g/mol. The zero-order chi connectivity index (χ0) is 18.0.